The van der Waals surface area contributed by atoms with E-state index in [0.717, 1.165) is 37.2 Å². The number of alkyl halides is 1. The van der Waals surface area contributed by atoms with E-state index in [1.54, 1.807) is 0 Å². The molecule has 0 atom stereocenters. The molecule has 3 heteroatoms. The average molecular weight is 276 g/mol. The van der Waals surface area contributed by atoms with Crippen molar-refractivity contribution < 1.29 is 4.79 Å². The normalized spacial score (nSPS) is 19.3. The Morgan fingerprint density at radius 3 is 2.27 bits per heavy atom. The van der Waals surface area contributed by atoms with Crippen molar-refractivity contribution in [2.45, 2.75) is 40.0 Å². The van der Waals surface area contributed by atoms with E-state index in [9.17, 15) is 4.79 Å². The average Bonchev–Trinajstić information content (AvgIpc) is 2.15. The maximum absolute atomic E-state index is 11.9. The smallest absolute Gasteiger partial charge is 0.223 e. The summed E-state index contributed by atoms with van der Waals surface area (Å²) in [4.78, 5) is 14.0. The van der Waals surface area contributed by atoms with E-state index in [1.165, 1.54) is 0 Å². The molecular weight excluding hydrogens is 254 g/mol. The molecule has 88 valence electrons. The van der Waals surface area contributed by atoms with E-state index in [4.69, 9.17) is 0 Å². The molecule has 1 aliphatic heterocycles. The Hall–Kier alpha value is -0.0500. The van der Waals surface area contributed by atoms with E-state index in [-0.39, 0.29) is 5.41 Å². The number of hydrogen-bond acceptors (Lipinski definition) is 1. The fraction of sp³-hybridized carbons (Fsp3) is 0.917. The zero-order valence-corrected chi connectivity index (χ0v) is 11.6. The van der Waals surface area contributed by atoms with Crippen molar-refractivity contribution in [2.24, 2.45) is 11.3 Å². The Morgan fingerprint density at radius 2 is 1.87 bits per heavy atom. The Bertz CT molecular complexity index is 214. The molecule has 1 heterocycles. The number of nitrogens with zero attached hydrogens (tertiary/aromatic N) is 1. The fourth-order valence-corrected chi connectivity index (χ4v) is 2.55. The first-order valence-electron chi connectivity index (χ1n) is 5.76. The van der Waals surface area contributed by atoms with Crippen molar-refractivity contribution in [1.29, 1.82) is 0 Å². The summed E-state index contributed by atoms with van der Waals surface area (Å²) in [5.74, 6) is 1.10. The van der Waals surface area contributed by atoms with E-state index in [0.29, 0.717) is 12.3 Å². The number of carbonyl (C=O) groups excluding carboxylic acids is 1. The number of piperidine rings is 1. The second-order valence-corrected chi connectivity index (χ2v) is 6.36. The molecule has 15 heavy (non-hydrogen) atoms. The largest absolute Gasteiger partial charge is 0.343 e. The van der Waals surface area contributed by atoms with Gasteiger partial charge in [-0.3, -0.25) is 4.79 Å². The van der Waals surface area contributed by atoms with Gasteiger partial charge in [0, 0.05) is 24.8 Å². The molecule has 1 fully saturated rings. The first kappa shape index (κ1) is 13.0. The van der Waals surface area contributed by atoms with Crippen LogP contribution in [0.15, 0.2) is 0 Å². The summed E-state index contributed by atoms with van der Waals surface area (Å²) in [5, 5.41) is 1.08. The number of hydrogen-bond donors (Lipinski definition) is 0. The Labute approximate surface area is 102 Å². The summed E-state index contributed by atoms with van der Waals surface area (Å²) in [6.07, 6.45) is 2.98. The predicted octanol–water partition coefficient (Wildman–Crippen LogP) is 3.06. The highest BCUT2D eigenvalue weighted by molar-refractivity contribution is 9.09. The van der Waals surface area contributed by atoms with E-state index < -0.39 is 0 Å². The molecule has 0 N–H and O–H groups in total. The van der Waals surface area contributed by atoms with Crippen molar-refractivity contribution >= 4 is 21.8 Å². The van der Waals surface area contributed by atoms with E-state index >= 15 is 0 Å². The Balaban J connectivity index is 2.37. The molecule has 0 bridgehead atoms. The highest BCUT2D eigenvalue weighted by atomic mass is 79.9. The summed E-state index contributed by atoms with van der Waals surface area (Å²) in [7, 11) is 0. The van der Waals surface area contributed by atoms with Gasteiger partial charge >= 0.3 is 0 Å². The molecule has 1 saturated heterocycles. The van der Waals surface area contributed by atoms with Crippen molar-refractivity contribution in [3.05, 3.63) is 0 Å². The van der Waals surface area contributed by atoms with Gasteiger partial charge in [0.05, 0.1) is 0 Å². The van der Waals surface area contributed by atoms with Crippen LogP contribution in [0.5, 0.6) is 0 Å². The molecule has 2 nitrogen and oxygen atoms in total. The standard InChI is InChI=1S/C12H22BrNO/c1-12(2,3)8-11(15)14-6-4-10(9-13)5-7-14/h10H,4-9H2,1-3H3. The summed E-state index contributed by atoms with van der Waals surface area (Å²) >= 11 is 3.51. The maximum Gasteiger partial charge on any atom is 0.223 e. The van der Waals surface area contributed by atoms with Gasteiger partial charge in [-0.05, 0) is 24.2 Å². The number of likely N-dealkylation sites (tertiary alicyclic amines) is 1. The maximum atomic E-state index is 11.9. The Kier molecular flexibility index (Phi) is 4.63. The van der Waals surface area contributed by atoms with Crippen LogP contribution in [0, 0.1) is 11.3 Å². The fourth-order valence-electron chi connectivity index (χ4n) is 1.90. The lowest BCUT2D eigenvalue weighted by molar-refractivity contribution is -0.134. The number of rotatable bonds is 2. The summed E-state index contributed by atoms with van der Waals surface area (Å²) in [5.41, 5.74) is 0.114. The third kappa shape index (κ3) is 4.54. The molecule has 0 unspecified atom stereocenters. The lowest BCUT2D eigenvalue weighted by atomic mass is 9.90. The van der Waals surface area contributed by atoms with Crippen LogP contribution in [0.25, 0.3) is 0 Å². The van der Waals surface area contributed by atoms with Crippen LogP contribution in [-0.4, -0.2) is 29.2 Å². The summed E-state index contributed by atoms with van der Waals surface area (Å²) in [6, 6.07) is 0. The minimum absolute atomic E-state index is 0.114. The molecule has 1 aliphatic rings. The molecule has 0 radical (unpaired) electrons. The molecule has 0 aromatic carbocycles. The molecule has 0 spiro atoms. The third-order valence-corrected chi connectivity index (χ3v) is 3.78. The summed E-state index contributed by atoms with van der Waals surface area (Å²) < 4.78 is 0. The lowest BCUT2D eigenvalue weighted by Crippen LogP contribution is -2.40. The SMILES string of the molecule is CC(C)(C)CC(=O)N1CCC(CBr)CC1. The zero-order valence-electron chi connectivity index (χ0n) is 10.1. The molecule has 0 aromatic heterocycles. The Morgan fingerprint density at radius 1 is 1.33 bits per heavy atom. The topological polar surface area (TPSA) is 20.3 Å². The quantitative estimate of drug-likeness (QED) is 0.710. The molecular formula is C12H22BrNO. The second-order valence-electron chi connectivity index (χ2n) is 5.72. The molecule has 1 rings (SSSR count). The van der Waals surface area contributed by atoms with Crippen LogP contribution in [0.2, 0.25) is 0 Å². The molecule has 0 aromatic rings. The predicted molar refractivity (Wildman–Crippen MR) is 67.2 cm³/mol. The second kappa shape index (κ2) is 5.33. The van der Waals surface area contributed by atoms with Crippen molar-refractivity contribution in [2.75, 3.05) is 18.4 Å². The van der Waals surface area contributed by atoms with Crippen LogP contribution in [0.1, 0.15) is 40.0 Å². The highest BCUT2D eigenvalue weighted by Crippen LogP contribution is 2.23. The van der Waals surface area contributed by atoms with Gasteiger partial charge in [-0.2, -0.15) is 0 Å². The van der Waals surface area contributed by atoms with Crippen LogP contribution in [0.4, 0.5) is 0 Å². The van der Waals surface area contributed by atoms with Crippen LogP contribution in [-0.2, 0) is 4.79 Å². The summed E-state index contributed by atoms with van der Waals surface area (Å²) in [6.45, 7) is 8.26. The van der Waals surface area contributed by atoms with Crippen LogP contribution < -0.4 is 0 Å². The van der Waals surface area contributed by atoms with Gasteiger partial charge < -0.3 is 4.90 Å². The van der Waals surface area contributed by atoms with Crippen LogP contribution in [0.3, 0.4) is 0 Å². The molecule has 1 amide bonds. The van der Waals surface area contributed by atoms with Crippen molar-refractivity contribution in [3.63, 3.8) is 0 Å². The number of amides is 1. The third-order valence-electron chi connectivity index (χ3n) is 2.87. The zero-order chi connectivity index (χ0) is 11.5. The highest BCUT2D eigenvalue weighted by Gasteiger charge is 2.25. The van der Waals surface area contributed by atoms with Crippen molar-refractivity contribution in [3.8, 4) is 0 Å². The van der Waals surface area contributed by atoms with E-state index in [1.807, 2.05) is 4.90 Å². The van der Waals surface area contributed by atoms with Gasteiger partial charge in [0.2, 0.25) is 5.91 Å². The number of carbonyl (C=O) groups is 1. The minimum atomic E-state index is 0.114. The minimum Gasteiger partial charge on any atom is -0.343 e. The van der Waals surface area contributed by atoms with Gasteiger partial charge in [0.25, 0.3) is 0 Å². The van der Waals surface area contributed by atoms with Gasteiger partial charge in [-0.15, -0.1) is 0 Å². The van der Waals surface area contributed by atoms with Crippen molar-refractivity contribution in [1.82, 2.24) is 4.90 Å². The van der Waals surface area contributed by atoms with Gasteiger partial charge in [-0.1, -0.05) is 36.7 Å². The first-order chi connectivity index (χ1) is 6.92. The monoisotopic (exact) mass is 275 g/mol. The first-order valence-corrected chi connectivity index (χ1v) is 6.88. The van der Waals surface area contributed by atoms with Crippen LogP contribution >= 0.6 is 15.9 Å². The molecule has 0 aliphatic carbocycles. The van der Waals surface area contributed by atoms with Gasteiger partial charge in [0.15, 0.2) is 0 Å². The number of halogens is 1. The van der Waals surface area contributed by atoms with E-state index in [2.05, 4.69) is 36.7 Å². The molecule has 0 saturated carbocycles. The van der Waals surface area contributed by atoms with Gasteiger partial charge in [0.1, 0.15) is 0 Å². The lowest BCUT2D eigenvalue weighted by Gasteiger charge is -2.33. The van der Waals surface area contributed by atoms with Gasteiger partial charge in [-0.25, -0.2) is 0 Å².